The summed E-state index contributed by atoms with van der Waals surface area (Å²) in [6.07, 6.45) is 1.78. The second-order valence-electron chi connectivity index (χ2n) is 5.02. The topological polar surface area (TPSA) is 36.6 Å². The molecule has 1 unspecified atom stereocenters. The van der Waals surface area contributed by atoms with Gasteiger partial charge in [-0.3, -0.25) is 0 Å². The Morgan fingerprint density at radius 2 is 2.18 bits per heavy atom. The predicted molar refractivity (Wildman–Crippen MR) is 66.8 cm³/mol. The number of likely N-dealkylation sites (tertiary alicyclic amines) is 1. The van der Waals surface area contributed by atoms with E-state index in [-0.39, 0.29) is 0 Å². The fourth-order valence-electron chi connectivity index (χ4n) is 2.66. The van der Waals surface area contributed by atoms with E-state index in [0.29, 0.717) is 12.3 Å². The maximum atomic E-state index is 10.7. The van der Waals surface area contributed by atoms with Gasteiger partial charge in [0.1, 0.15) is 16.9 Å². The van der Waals surface area contributed by atoms with Crippen molar-refractivity contribution in [2.75, 3.05) is 20.1 Å². The van der Waals surface area contributed by atoms with E-state index in [1.54, 1.807) is 0 Å². The number of aliphatic hydroxyl groups is 1. The Labute approximate surface area is 101 Å². The average Bonchev–Trinajstić information content (AvgIpc) is 2.73. The molecular formula is C14H17NO2. The Morgan fingerprint density at radius 3 is 2.94 bits per heavy atom. The van der Waals surface area contributed by atoms with Gasteiger partial charge < -0.3 is 14.4 Å². The molecule has 0 radical (unpaired) electrons. The van der Waals surface area contributed by atoms with Crippen LogP contribution in [-0.4, -0.2) is 30.1 Å². The number of likely N-dealkylation sites (N-methyl/N-ethyl adjacent to an activating group) is 1. The highest BCUT2D eigenvalue weighted by molar-refractivity contribution is 5.77. The number of hydrogen-bond acceptors (Lipinski definition) is 3. The van der Waals surface area contributed by atoms with Crippen molar-refractivity contribution in [3.05, 3.63) is 36.1 Å². The molecular weight excluding hydrogens is 214 g/mol. The highest BCUT2D eigenvalue weighted by Gasteiger charge is 2.36. The van der Waals surface area contributed by atoms with Gasteiger partial charge in [0.25, 0.3) is 0 Å². The van der Waals surface area contributed by atoms with E-state index in [9.17, 15) is 5.11 Å². The lowest BCUT2D eigenvalue weighted by Crippen LogP contribution is -2.43. The van der Waals surface area contributed by atoms with Crippen molar-refractivity contribution < 1.29 is 9.52 Å². The molecule has 2 aromatic rings. The smallest absolute Gasteiger partial charge is 0.138 e. The van der Waals surface area contributed by atoms with Gasteiger partial charge >= 0.3 is 0 Å². The molecule has 90 valence electrons. The van der Waals surface area contributed by atoms with Crippen LogP contribution in [0.4, 0.5) is 0 Å². The molecule has 0 aliphatic carbocycles. The summed E-state index contributed by atoms with van der Waals surface area (Å²) in [5, 5.41) is 11.7. The Balaban J connectivity index is 2.02. The number of furan rings is 1. The van der Waals surface area contributed by atoms with Crippen molar-refractivity contribution in [1.29, 1.82) is 0 Å². The molecule has 1 N–H and O–H groups in total. The summed E-state index contributed by atoms with van der Waals surface area (Å²) in [4.78, 5) is 2.15. The number of para-hydroxylation sites is 1. The zero-order valence-corrected chi connectivity index (χ0v) is 10.0. The van der Waals surface area contributed by atoms with Crippen molar-refractivity contribution in [1.82, 2.24) is 4.90 Å². The third-order valence-electron chi connectivity index (χ3n) is 3.55. The fourth-order valence-corrected chi connectivity index (χ4v) is 2.66. The van der Waals surface area contributed by atoms with Gasteiger partial charge in [0.2, 0.25) is 0 Å². The Morgan fingerprint density at radius 1 is 1.35 bits per heavy atom. The lowest BCUT2D eigenvalue weighted by atomic mass is 9.90. The van der Waals surface area contributed by atoms with Crippen molar-refractivity contribution in [2.24, 2.45) is 0 Å². The van der Waals surface area contributed by atoms with Gasteiger partial charge in [0.15, 0.2) is 0 Å². The molecule has 1 aliphatic rings. The number of fused-ring (bicyclic) bond motifs is 1. The van der Waals surface area contributed by atoms with Crippen LogP contribution in [0, 0.1) is 0 Å². The lowest BCUT2D eigenvalue weighted by Gasteiger charge is -2.35. The molecule has 1 fully saturated rings. The molecule has 1 saturated heterocycles. The van der Waals surface area contributed by atoms with Crippen molar-refractivity contribution in [3.63, 3.8) is 0 Å². The summed E-state index contributed by atoms with van der Waals surface area (Å²) in [5.74, 6) is 0.699. The number of piperidine rings is 1. The summed E-state index contributed by atoms with van der Waals surface area (Å²) in [5.41, 5.74) is 0.0237. The standard InChI is InChI=1S/C14H17NO2/c1-15-8-4-7-14(16,10-15)13-9-11-5-2-3-6-12(11)17-13/h2-3,5-6,9,16H,4,7-8,10H2,1H3. The monoisotopic (exact) mass is 231 g/mol. The molecule has 0 spiro atoms. The van der Waals surface area contributed by atoms with Crippen LogP contribution < -0.4 is 0 Å². The van der Waals surface area contributed by atoms with Crippen LogP contribution in [0.25, 0.3) is 11.0 Å². The lowest BCUT2D eigenvalue weighted by molar-refractivity contribution is -0.0429. The first kappa shape index (κ1) is 10.8. The predicted octanol–water partition coefficient (Wildman–Crippen LogP) is 2.35. The first-order valence-electron chi connectivity index (χ1n) is 6.07. The Bertz CT molecular complexity index is 501. The molecule has 3 heteroatoms. The minimum Gasteiger partial charge on any atom is -0.458 e. The van der Waals surface area contributed by atoms with Crippen LogP contribution in [-0.2, 0) is 5.60 Å². The highest BCUT2D eigenvalue weighted by Crippen LogP contribution is 2.34. The maximum absolute atomic E-state index is 10.7. The van der Waals surface area contributed by atoms with Crippen molar-refractivity contribution >= 4 is 11.0 Å². The third kappa shape index (κ3) is 1.85. The van der Waals surface area contributed by atoms with Crippen LogP contribution in [0.2, 0.25) is 0 Å². The Kier molecular flexibility index (Phi) is 2.45. The van der Waals surface area contributed by atoms with Crippen LogP contribution >= 0.6 is 0 Å². The number of β-amino-alcohol motifs (C(OH)–C–C–N with tert-alkyl or cyclic N) is 1. The van der Waals surface area contributed by atoms with Crippen LogP contribution in [0.3, 0.4) is 0 Å². The molecule has 1 aromatic heterocycles. The first-order chi connectivity index (χ1) is 8.17. The zero-order valence-electron chi connectivity index (χ0n) is 10.0. The third-order valence-corrected chi connectivity index (χ3v) is 3.55. The minimum atomic E-state index is -0.827. The fraction of sp³-hybridized carbons (Fsp3) is 0.429. The van der Waals surface area contributed by atoms with Crippen molar-refractivity contribution in [3.8, 4) is 0 Å². The molecule has 0 amide bonds. The van der Waals surface area contributed by atoms with Gasteiger partial charge in [0, 0.05) is 11.9 Å². The quantitative estimate of drug-likeness (QED) is 0.818. The maximum Gasteiger partial charge on any atom is 0.138 e. The largest absolute Gasteiger partial charge is 0.458 e. The number of nitrogens with zero attached hydrogens (tertiary/aromatic N) is 1. The summed E-state index contributed by atoms with van der Waals surface area (Å²) in [6, 6.07) is 9.85. The normalized spacial score (nSPS) is 26.5. The van der Waals surface area contributed by atoms with Gasteiger partial charge in [-0.2, -0.15) is 0 Å². The van der Waals surface area contributed by atoms with E-state index in [2.05, 4.69) is 4.90 Å². The van der Waals surface area contributed by atoms with Gasteiger partial charge in [0.05, 0.1) is 0 Å². The molecule has 3 rings (SSSR count). The van der Waals surface area contributed by atoms with E-state index in [0.717, 1.165) is 30.4 Å². The molecule has 0 bridgehead atoms. The summed E-state index contributed by atoms with van der Waals surface area (Å²) < 4.78 is 5.78. The SMILES string of the molecule is CN1CCCC(O)(c2cc3ccccc3o2)C1. The van der Waals surface area contributed by atoms with E-state index >= 15 is 0 Å². The van der Waals surface area contributed by atoms with Gasteiger partial charge in [-0.05, 0) is 38.6 Å². The summed E-state index contributed by atoms with van der Waals surface area (Å²) >= 11 is 0. The van der Waals surface area contributed by atoms with Gasteiger partial charge in [-0.15, -0.1) is 0 Å². The number of rotatable bonds is 1. The highest BCUT2D eigenvalue weighted by atomic mass is 16.4. The van der Waals surface area contributed by atoms with Gasteiger partial charge in [-0.25, -0.2) is 0 Å². The second-order valence-corrected chi connectivity index (χ2v) is 5.02. The van der Waals surface area contributed by atoms with E-state index in [4.69, 9.17) is 4.42 Å². The van der Waals surface area contributed by atoms with Crippen molar-refractivity contribution in [2.45, 2.75) is 18.4 Å². The van der Waals surface area contributed by atoms with E-state index < -0.39 is 5.60 Å². The molecule has 1 atom stereocenters. The molecule has 0 saturated carbocycles. The zero-order chi connectivity index (χ0) is 11.9. The second kappa shape index (κ2) is 3.86. The minimum absolute atomic E-state index is 0.646. The van der Waals surface area contributed by atoms with Crippen LogP contribution in [0.1, 0.15) is 18.6 Å². The molecule has 3 nitrogen and oxygen atoms in total. The molecule has 1 aromatic carbocycles. The molecule has 17 heavy (non-hydrogen) atoms. The number of benzene rings is 1. The summed E-state index contributed by atoms with van der Waals surface area (Å²) in [7, 11) is 2.03. The first-order valence-corrected chi connectivity index (χ1v) is 6.07. The van der Waals surface area contributed by atoms with Crippen LogP contribution in [0.15, 0.2) is 34.7 Å². The van der Waals surface area contributed by atoms with Gasteiger partial charge in [-0.1, -0.05) is 18.2 Å². The van der Waals surface area contributed by atoms with Crippen LogP contribution in [0.5, 0.6) is 0 Å². The Hall–Kier alpha value is -1.32. The van der Waals surface area contributed by atoms with E-state index in [1.807, 2.05) is 37.4 Å². The number of hydrogen-bond donors (Lipinski definition) is 1. The molecule has 2 heterocycles. The van der Waals surface area contributed by atoms with E-state index in [1.165, 1.54) is 0 Å². The molecule has 1 aliphatic heterocycles. The summed E-state index contributed by atoms with van der Waals surface area (Å²) in [6.45, 7) is 1.69. The average molecular weight is 231 g/mol.